The van der Waals surface area contributed by atoms with Gasteiger partial charge in [-0.1, -0.05) is 13.8 Å². The number of halogens is 1. The van der Waals surface area contributed by atoms with Crippen LogP contribution >= 0.6 is 24.0 Å². The molecule has 1 saturated heterocycles. The van der Waals surface area contributed by atoms with Crippen LogP contribution in [0.2, 0.25) is 0 Å². The third-order valence-corrected chi connectivity index (χ3v) is 4.99. The normalized spacial score (nSPS) is 15.3. The SMILES string of the molecule is CN=C(NCCCN1CCN(c2ccc(OC)cc2)CC1)NCCC(C)C.I. The summed E-state index contributed by atoms with van der Waals surface area (Å²) >= 11 is 0. The van der Waals surface area contributed by atoms with Crippen LogP contribution < -0.4 is 20.3 Å². The lowest BCUT2D eigenvalue weighted by Crippen LogP contribution is -2.47. The Labute approximate surface area is 188 Å². The number of guanidine groups is 1. The zero-order valence-corrected chi connectivity index (χ0v) is 20.2. The monoisotopic (exact) mass is 503 g/mol. The van der Waals surface area contributed by atoms with Crippen LogP contribution in [-0.4, -0.2) is 70.8 Å². The predicted octanol–water partition coefficient (Wildman–Crippen LogP) is 3.04. The van der Waals surface area contributed by atoms with Crippen molar-refractivity contribution in [2.24, 2.45) is 10.9 Å². The van der Waals surface area contributed by atoms with Crippen molar-refractivity contribution >= 4 is 35.6 Å². The second-order valence-electron chi connectivity index (χ2n) is 7.49. The highest BCUT2D eigenvalue weighted by Gasteiger charge is 2.16. The molecule has 0 spiro atoms. The summed E-state index contributed by atoms with van der Waals surface area (Å²) in [5, 5.41) is 6.80. The van der Waals surface area contributed by atoms with Gasteiger partial charge in [-0.15, -0.1) is 24.0 Å². The molecule has 2 N–H and O–H groups in total. The first-order chi connectivity index (χ1) is 13.1. The molecule has 0 radical (unpaired) electrons. The Balaban J connectivity index is 0.00000392. The number of nitrogens with zero attached hydrogens (tertiary/aromatic N) is 3. The second kappa shape index (κ2) is 13.9. The molecule has 1 aromatic carbocycles. The minimum absolute atomic E-state index is 0. The largest absolute Gasteiger partial charge is 0.497 e. The van der Waals surface area contributed by atoms with Crippen LogP contribution in [0.25, 0.3) is 0 Å². The quantitative estimate of drug-likeness (QED) is 0.235. The lowest BCUT2D eigenvalue weighted by atomic mass is 10.1. The van der Waals surface area contributed by atoms with Gasteiger partial charge in [0.15, 0.2) is 5.96 Å². The first kappa shape index (κ1) is 24.8. The third kappa shape index (κ3) is 8.86. The number of anilines is 1. The molecule has 28 heavy (non-hydrogen) atoms. The number of benzene rings is 1. The van der Waals surface area contributed by atoms with Crippen LogP contribution in [0.3, 0.4) is 0 Å². The van der Waals surface area contributed by atoms with E-state index in [-0.39, 0.29) is 24.0 Å². The molecule has 7 heteroatoms. The third-order valence-electron chi connectivity index (χ3n) is 4.99. The fraction of sp³-hybridized carbons (Fsp3) is 0.667. The van der Waals surface area contributed by atoms with Crippen LogP contribution in [0.1, 0.15) is 26.7 Å². The lowest BCUT2D eigenvalue weighted by molar-refractivity contribution is 0.255. The summed E-state index contributed by atoms with van der Waals surface area (Å²) < 4.78 is 5.24. The molecular weight excluding hydrogens is 465 g/mol. The number of nitrogens with one attached hydrogen (secondary N) is 2. The zero-order chi connectivity index (χ0) is 19.5. The van der Waals surface area contributed by atoms with Crippen LogP contribution in [-0.2, 0) is 0 Å². The molecule has 1 aromatic rings. The van der Waals surface area contributed by atoms with Gasteiger partial charge in [-0.05, 0) is 49.6 Å². The molecule has 0 aliphatic carbocycles. The fourth-order valence-electron chi connectivity index (χ4n) is 3.23. The van der Waals surface area contributed by atoms with E-state index in [4.69, 9.17) is 4.74 Å². The van der Waals surface area contributed by atoms with Crippen molar-refractivity contribution in [1.29, 1.82) is 0 Å². The maximum absolute atomic E-state index is 5.24. The van der Waals surface area contributed by atoms with Crippen molar-refractivity contribution in [3.63, 3.8) is 0 Å². The Kier molecular flexibility index (Phi) is 12.3. The summed E-state index contributed by atoms with van der Waals surface area (Å²) in [6.45, 7) is 12.0. The topological polar surface area (TPSA) is 52.1 Å². The maximum atomic E-state index is 5.24. The predicted molar refractivity (Wildman–Crippen MR) is 130 cm³/mol. The van der Waals surface area contributed by atoms with E-state index in [1.165, 1.54) is 12.1 Å². The van der Waals surface area contributed by atoms with Crippen molar-refractivity contribution in [3.05, 3.63) is 24.3 Å². The highest BCUT2D eigenvalue weighted by molar-refractivity contribution is 14.0. The van der Waals surface area contributed by atoms with E-state index in [1.807, 2.05) is 19.2 Å². The van der Waals surface area contributed by atoms with Crippen LogP contribution in [0, 0.1) is 5.92 Å². The molecule has 1 fully saturated rings. The average Bonchev–Trinajstić information content (AvgIpc) is 2.70. The zero-order valence-electron chi connectivity index (χ0n) is 17.9. The molecule has 0 amide bonds. The Morgan fingerprint density at radius 3 is 2.29 bits per heavy atom. The molecule has 160 valence electrons. The van der Waals surface area contributed by atoms with Crippen LogP contribution in [0.4, 0.5) is 5.69 Å². The minimum Gasteiger partial charge on any atom is -0.497 e. The number of methoxy groups -OCH3 is 1. The molecule has 0 bridgehead atoms. The molecule has 0 aromatic heterocycles. The van der Waals surface area contributed by atoms with Gasteiger partial charge in [0.25, 0.3) is 0 Å². The van der Waals surface area contributed by atoms with Gasteiger partial charge in [0, 0.05) is 52.0 Å². The van der Waals surface area contributed by atoms with Crippen molar-refractivity contribution in [1.82, 2.24) is 15.5 Å². The van der Waals surface area contributed by atoms with Crippen LogP contribution in [0.5, 0.6) is 5.75 Å². The van der Waals surface area contributed by atoms with E-state index >= 15 is 0 Å². The summed E-state index contributed by atoms with van der Waals surface area (Å²) in [5.74, 6) is 2.55. The number of ether oxygens (including phenoxy) is 1. The van der Waals surface area contributed by atoms with Crippen molar-refractivity contribution in [2.75, 3.05) is 64.9 Å². The average molecular weight is 503 g/mol. The standard InChI is InChI=1S/C21H37N5O.HI/c1-18(2)10-12-24-21(22-3)23-11-5-13-25-14-16-26(17-15-25)19-6-8-20(27-4)9-7-19;/h6-9,18H,5,10-17H2,1-4H3,(H2,22,23,24);1H. The van der Waals surface area contributed by atoms with E-state index < -0.39 is 0 Å². The van der Waals surface area contributed by atoms with Gasteiger partial charge < -0.3 is 20.3 Å². The summed E-state index contributed by atoms with van der Waals surface area (Å²) in [6, 6.07) is 8.37. The van der Waals surface area contributed by atoms with E-state index in [1.54, 1.807) is 7.11 Å². The van der Waals surface area contributed by atoms with Gasteiger partial charge in [-0.3, -0.25) is 9.89 Å². The van der Waals surface area contributed by atoms with Gasteiger partial charge in [-0.2, -0.15) is 0 Å². The summed E-state index contributed by atoms with van der Waals surface area (Å²) in [5.41, 5.74) is 1.29. The maximum Gasteiger partial charge on any atom is 0.190 e. The lowest BCUT2D eigenvalue weighted by Gasteiger charge is -2.36. The van der Waals surface area contributed by atoms with Crippen LogP contribution in [0.15, 0.2) is 29.3 Å². The minimum atomic E-state index is 0. The molecule has 6 nitrogen and oxygen atoms in total. The van der Waals surface area contributed by atoms with E-state index in [0.717, 1.165) is 63.9 Å². The molecule has 2 rings (SSSR count). The number of hydrogen-bond donors (Lipinski definition) is 2. The smallest absolute Gasteiger partial charge is 0.190 e. The summed E-state index contributed by atoms with van der Waals surface area (Å²) in [7, 11) is 3.54. The first-order valence-electron chi connectivity index (χ1n) is 10.2. The number of hydrogen-bond acceptors (Lipinski definition) is 4. The molecule has 1 aliphatic heterocycles. The Bertz CT molecular complexity index is 556. The number of aliphatic imine (C=N–C) groups is 1. The van der Waals surface area contributed by atoms with Crippen molar-refractivity contribution < 1.29 is 4.74 Å². The van der Waals surface area contributed by atoms with Crippen molar-refractivity contribution in [3.8, 4) is 5.75 Å². The van der Waals surface area contributed by atoms with E-state index in [9.17, 15) is 0 Å². The first-order valence-corrected chi connectivity index (χ1v) is 10.2. The molecule has 0 atom stereocenters. The fourth-order valence-corrected chi connectivity index (χ4v) is 3.23. The number of rotatable bonds is 9. The van der Waals surface area contributed by atoms with Gasteiger partial charge in [0.2, 0.25) is 0 Å². The van der Waals surface area contributed by atoms with Gasteiger partial charge >= 0.3 is 0 Å². The van der Waals surface area contributed by atoms with Gasteiger partial charge in [-0.25, -0.2) is 0 Å². The molecular formula is C21H38IN5O. The highest BCUT2D eigenvalue weighted by Crippen LogP contribution is 2.20. The summed E-state index contributed by atoms with van der Waals surface area (Å²) in [6.07, 6.45) is 2.30. The number of piperazine rings is 1. The van der Waals surface area contributed by atoms with E-state index in [2.05, 4.69) is 51.4 Å². The molecule has 0 unspecified atom stereocenters. The second-order valence-corrected chi connectivity index (χ2v) is 7.49. The summed E-state index contributed by atoms with van der Waals surface area (Å²) in [4.78, 5) is 9.30. The highest BCUT2D eigenvalue weighted by atomic mass is 127. The van der Waals surface area contributed by atoms with Gasteiger partial charge in [0.05, 0.1) is 7.11 Å². The Morgan fingerprint density at radius 2 is 1.71 bits per heavy atom. The van der Waals surface area contributed by atoms with Crippen molar-refractivity contribution in [2.45, 2.75) is 26.7 Å². The Morgan fingerprint density at radius 1 is 1.07 bits per heavy atom. The van der Waals surface area contributed by atoms with Gasteiger partial charge in [0.1, 0.15) is 5.75 Å². The molecule has 0 saturated carbocycles. The van der Waals surface area contributed by atoms with E-state index in [0.29, 0.717) is 5.92 Å². The molecule has 1 aliphatic rings. The Hall–Kier alpha value is -1.22. The molecule has 1 heterocycles.